The Morgan fingerprint density at radius 1 is 1.60 bits per heavy atom. The summed E-state index contributed by atoms with van der Waals surface area (Å²) in [6.07, 6.45) is -3.35. The van der Waals surface area contributed by atoms with Gasteiger partial charge in [0, 0.05) is 25.9 Å². The monoisotopic (exact) mass is 223 g/mol. The van der Waals surface area contributed by atoms with E-state index in [1.54, 1.807) is 7.05 Å². The number of alkyl halides is 3. The molecule has 0 radical (unpaired) electrons. The van der Waals surface area contributed by atoms with Crippen LogP contribution in [0.3, 0.4) is 0 Å². The predicted octanol–water partition coefficient (Wildman–Crippen LogP) is 1.70. The molecule has 0 saturated carbocycles. The van der Waals surface area contributed by atoms with Gasteiger partial charge in [-0.25, -0.2) is 0 Å². The van der Waals surface area contributed by atoms with Crippen LogP contribution in [0, 0.1) is 0 Å². The third-order valence-corrected chi connectivity index (χ3v) is 2.30. The molecule has 0 aromatic carbocycles. The van der Waals surface area contributed by atoms with E-state index in [0.29, 0.717) is 6.42 Å². The summed E-state index contributed by atoms with van der Waals surface area (Å²) < 4.78 is 41.3. The van der Waals surface area contributed by atoms with Crippen molar-refractivity contribution in [3.05, 3.63) is 11.8 Å². The van der Waals surface area contributed by atoms with E-state index in [1.807, 2.05) is 0 Å². The molecule has 0 amide bonds. The zero-order valence-corrected chi connectivity index (χ0v) is 8.47. The van der Waals surface area contributed by atoms with Crippen molar-refractivity contribution in [3.8, 4) is 0 Å². The van der Waals surface area contributed by atoms with E-state index in [1.165, 1.54) is 18.2 Å². The highest BCUT2D eigenvalue weighted by Gasteiger charge is 2.41. The fourth-order valence-corrected chi connectivity index (χ4v) is 1.51. The number of allylic oxidation sites excluding steroid dienone is 1. The number of methoxy groups -OCH3 is 1. The Morgan fingerprint density at radius 3 is 2.60 bits per heavy atom. The van der Waals surface area contributed by atoms with Crippen molar-refractivity contribution < 1.29 is 22.7 Å². The summed E-state index contributed by atoms with van der Waals surface area (Å²) in [5.74, 6) is -1.76. The topological polar surface area (TPSA) is 29.5 Å². The Morgan fingerprint density at radius 2 is 2.20 bits per heavy atom. The number of halogens is 3. The summed E-state index contributed by atoms with van der Waals surface area (Å²) in [4.78, 5) is 12.4. The standard InChI is InChI=1S/C9H12F3NO2/c1-13-5-6(3-4-7(13)15-2)8(14)9(10,11)12/h5,7H,3-4H2,1-2H3. The van der Waals surface area contributed by atoms with Crippen LogP contribution >= 0.6 is 0 Å². The molecule has 1 aliphatic rings. The SMILES string of the molecule is COC1CCC(C(=O)C(F)(F)F)=CN1C. The van der Waals surface area contributed by atoms with Crippen LogP contribution < -0.4 is 0 Å². The number of hydrogen-bond acceptors (Lipinski definition) is 3. The number of hydrogen-bond donors (Lipinski definition) is 0. The maximum absolute atomic E-state index is 12.1. The fraction of sp³-hybridized carbons (Fsp3) is 0.667. The first-order valence-corrected chi connectivity index (χ1v) is 4.43. The van der Waals surface area contributed by atoms with Crippen LogP contribution in [-0.2, 0) is 9.53 Å². The summed E-state index contributed by atoms with van der Waals surface area (Å²) in [6.45, 7) is 0. The van der Waals surface area contributed by atoms with Gasteiger partial charge < -0.3 is 9.64 Å². The van der Waals surface area contributed by atoms with Gasteiger partial charge in [-0.15, -0.1) is 0 Å². The third kappa shape index (κ3) is 2.71. The molecule has 0 saturated heterocycles. The van der Waals surface area contributed by atoms with Crippen LogP contribution in [0.1, 0.15) is 12.8 Å². The number of carbonyl (C=O) groups is 1. The summed E-state index contributed by atoms with van der Waals surface area (Å²) in [5.41, 5.74) is -0.210. The van der Waals surface area contributed by atoms with Gasteiger partial charge in [0.05, 0.1) is 0 Å². The third-order valence-electron chi connectivity index (χ3n) is 2.30. The Labute approximate surface area is 85.5 Å². The molecule has 1 atom stereocenters. The lowest BCUT2D eigenvalue weighted by atomic mass is 10.0. The van der Waals surface area contributed by atoms with Crippen LogP contribution in [0.25, 0.3) is 0 Å². The Hall–Kier alpha value is -1.04. The van der Waals surface area contributed by atoms with Gasteiger partial charge in [-0.2, -0.15) is 13.2 Å². The van der Waals surface area contributed by atoms with Crippen molar-refractivity contribution in [2.24, 2.45) is 0 Å². The molecular weight excluding hydrogens is 211 g/mol. The predicted molar refractivity (Wildman–Crippen MR) is 46.9 cm³/mol. The van der Waals surface area contributed by atoms with Gasteiger partial charge in [0.25, 0.3) is 5.78 Å². The van der Waals surface area contributed by atoms with Crippen LogP contribution in [0.15, 0.2) is 11.8 Å². The van der Waals surface area contributed by atoms with E-state index in [0.717, 1.165) is 0 Å². The molecule has 1 rings (SSSR count). The number of carbonyl (C=O) groups excluding carboxylic acids is 1. The molecule has 0 bridgehead atoms. The zero-order chi connectivity index (χ0) is 11.6. The maximum atomic E-state index is 12.1. The van der Waals surface area contributed by atoms with Gasteiger partial charge in [0.15, 0.2) is 0 Å². The van der Waals surface area contributed by atoms with Crippen molar-refractivity contribution in [3.63, 3.8) is 0 Å². The second-order valence-electron chi connectivity index (χ2n) is 3.38. The molecule has 0 N–H and O–H groups in total. The lowest BCUT2D eigenvalue weighted by molar-refractivity contribution is -0.167. The molecule has 0 aromatic rings. The second-order valence-corrected chi connectivity index (χ2v) is 3.38. The van der Waals surface area contributed by atoms with Gasteiger partial charge in [0.1, 0.15) is 6.23 Å². The van der Waals surface area contributed by atoms with E-state index >= 15 is 0 Å². The van der Waals surface area contributed by atoms with E-state index in [2.05, 4.69) is 0 Å². The van der Waals surface area contributed by atoms with Gasteiger partial charge in [-0.05, 0) is 12.8 Å². The quantitative estimate of drug-likeness (QED) is 0.713. The number of rotatable bonds is 2. The average Bonchev–Trinajstić information content (AvgIpc) is 2.15. The largest absolute Gasteiger partial charge is 0.454 e. The molecule has 0 spiro atoms. The molecule has 0 aromatic heterocycles. The summed E-state index contributed by atoms with van der Waals surface area (Å²) in [5, 5.41) is 0. The minimum absolute atomic E-state index is 0.0984. The Bertz CT molecular complexity index is 286. The first kappa shape index (κ1) is 12.0. The van der Waals surface area contributed by atoms with Gasteiger partial charge in [-0.3, -0.25) is 4.79 Å². The zero-order valence-electron chi connectivity index (χ0n) is 8.47. The molecule has 3 nitrogen and oxygen atoms in total. The summed E-state index contributed by atoms with van der Waals surface area (Å²) >= 11 is 0. The highest BCUT2D eigenvalue weighted by Crippen LogP contribution is 2.27. The molecular formula is C9H12F3NO2. The molecule has 6 heteroatoms. The maximum Gasteiger partial charge on any atom is 0.454 e. The molecule has 1 unspecified atom stereocenters. The average molecular weight is 223 g/mol. The molecule has 15 heavy (non-hydrogen) atoms. The van der Waals surface area contributed by atoms with Crippen molar-refractivity contribution >= 4 is 5.78 Å². The first-order valence-electron chi connectivity index (χ1n) is 4.43. The lowest BCUT2D eigenvalue weighted by Gasteiger charge is -2.30. The Kier molecular flexibility index (Phi) is 3.38. The first-order chi connectivity index (χ1) is 6.86. The second kappa shape index (κ2) is 4.22. The van der Waals surface area contributed by atoms with E-state index in [4.69, 9.17) is 4.74 Å². The van der Waals surface area contributed by atoms with E-state index in [9.17, 15) is 18.0 Å². The summed E-state index contributed by atoms with van der Waals surface area (Å²) in [6, 6.07) is 0. The number of ketones is 1. The molecule has 0 aliphatic carbocycles. The minimum Gasteiger partial charge on any atom is -0.362 e. The molecule has 0 fully saturated rings. The molecule has 1 aliphatic heterocycles. The number of nitrogens with zero attached hydrogens (tertiary/aromatic N) is 1. The van der Waals surface area contributed by atoms with Gasteiger partial charge >= 0.3 is 6.18 Å². The number of Topliss-reactive ketones (excluding diaryl/α,β-unsaturated/α-hetero) is 1. The van der Waals surface area contributed by atoms with Crippen molar-refractivity contribution in [2.75, 3.05) is 14.2 Å². The Balaban J connectivity index is 2.78. The van der Waals surface area contributed by atoms with Gasteiger partial charge in [-0.1, -0.05) is 0 Å². The van der Waals surface area contributed by atoms with Crippen LogP contribution in [-0.4, -0.2) is 37.2 Å². The van der Waals surface area contributed by atoms with Crippen LogP contribution in [0.5, 0.6) is 0 Å². The highest BCUT2D eigenvalue weighted by atomic mass is 19.4. The van der Waals surface area contributed by atoms with Crippen molar-refractivity contribution in [1.82, 2.24) is 4.90 Å². The smallest absolute Gasteiger partial charge is 0.362 e. The minimum atomic E-state index is -4.79. The fourth-order valence-electron chi connectivity index (χ4n) is 1.51. The number of ether oxygens (including phenoxy) is 1. The lowest BCUT2D eigenvalue weighted by Crippen LogP contribution is -2.35. The highest BCUT2D eigenvalue weighted by molar-refractivity contribution is 5.99. The molecule has 86 valence electrons. The van der Waals surface area contributed by atoms with Gasteiger partial charge in [0.2, 0.25) is 0 Å². The molecule has 1 heterocycles. The normalized spacial score (nSPS) is 22.6. The van der Waals surface area contributed by atoms with Crippen molar-refractivity contribution in [1.29, 1.82) is 0 Å². The van der Waals surface area contributed by atoms with E-state index in [-0.39, 0.29) is 18.2 Å². The van der Waals surface area contributed by atoms with Crippen LogP contribution in [0.2, 0.25) is 0 Å². The summed E-state index contributed by atoms with van der Waals surface area (Å²) in [7, 11) is 3.06. The van der Waals surface area contributed by atoms with Crippen LogP contribution in [0.4, 0.5) is 13.2 Å². The van der Waals surface area contributed by atoms with Crippen molar-refractivity contribution in [2.45, 2.75) is 25.2 Å². The van der Waals surface area contributed by atoms with E-state index < -0.39 is 12.0 Å².